The molecule has 4 atom stereocenters. The lowest BCUT2D eigenvalue weighted by Gasteiger charge is -2.35. The summed E-state index contributed by atoms with van der Waals surface area (Å²) in [4.78, 5) is 21.7. The highest BCUT2D eigenvalue weighted by atomic mass is 16.5. The van der Waals surface area contributed by atoms with Crippen LogP contribution in [-0.4, -0.2) is 39.0 Å². The van der Waals surface area contributed by atoms with Crippen molar-refractivity contribution in [1.29, 1.82) is 0 Å². The zero-order chi connectivity index (χ0) is 19.0. The van der Waals surface area contributed by atoms with Gasteiger partial charge < -0.3 is 10.1 Å². The van der Waals surface area contributed by atoms with E-state index in [4.69, 9.17) is 4.74 Å². The van der Waals surface area contributed by atoms with E-state index in [1.165, 1.54) is 19.3 Å². The minimum absolute atomic E-state index is 0.107. The largest absolute Gasteiger partial charge is 0.378 e. The van der Waals surface area contributed by atoms with E-state index >= 15 is 0 Å². The number of carbonyl (C=O) groups is 1. The molecule has 0 spiro atoms. The summed E-state index contributed by atoms with van der Waals surface area (Å²) >= 11 is 0. The van der Waals surface area contributed by atoms with Crippen molar-refractivity contribution in [2.24, 2.45) is 11.8 Å². The van der Waals surface area contributed by atoms with Crippen molar-refractivity contribution < 1.29 is 9.53 Å². The first kappa shape index (κ1) is 18.4. The Morgan fingerprint density at radius 3 is 2.74 bits per heavy atom. The van der Waals surface area contributed by atoms with Crippen LogP contribution in [0, 0.1) is 25.7 Å². The predicted molar refractivity (Wildman–Crippen MR) is 104 cm³/mol. The molecular weight excluding hydrogens is 340 g/mol. The maximum atomic E-state index is 12.9. The molecule has 2 aromatic rings. The van der Waals surface area contributed by atoms with Gasteiger partial charge in [0.15, 0.2) is 11.3 Å². The Labute approximate surface area is 160 Å². The first-order valence-electron chi connectivity index (χ1n) is 10.3. The van der Waals surface area contributed by atoms with Crippen molar-refractivity contribution in [3.8, 4) is 0 Å². The molecule has 2 fully saturated rings. The van der Waals surface area contributed by atoms with E-state index in [1.54, 1.807) is 6.33 Å². The van der Waals surface area contributed by atoms with E-state index in [-0.39, 0.29) is 11.9 Å². The summed E-state index contributed by atoms with van der Waals surface area (Å²) in [6.45, 7) is 7.01. The van der Waals surface area contributed by atoms with Crippen LogP contribution in [0.2, 0.25) is 0 Å². The number of carbonyl (C=O) groups excluding carboxylic acids is 1. The molecule has 2 saturated carbocycles. The van der Waals surface area contributed by atoms with E-state index in [1.807, 2.05) is 24.3 Å². The Balaban J connectivity index is 1.43. The van der Waals surface area contributed by atoms with Crippen LogP contribution in [0.4, 0.5) is 0 Å². The van der Waals surface area contributed by atoms with E-state index < -0.39 is 0 Å². The Hall–Kier alpha value is -1.95. The number of ether oxygens (including phenoxy) is 1. The molecule has 4 rings (SSSR count). The van der Waals surface area contributed by atoms with E-state index in [0.29, 0.717) is 29.3 Å². The lowest BCUT2D eigenvalue weighted by atomic mass is 9.82. The van der Waals surface area contributed by atoms with Gasteiger partial charge in [0.25, 0.3) is 5.91 Å². The van der Waals surface area contributed by atoms with Crippen molar-refractivity contribution >= 4 is 11.6 Å². The van der Waals surface area contributed by atoms with Crippen molar-refractivity contribution in [3.05, 3.63) is 29.5 Å². The van der Waals surface area contributed by atoms with E-state index in [2.05, 4.69) is 22.2 Å². The van der Waals surface area contributed by atoms with Crippen LogP contribution in [0.1, 0.15) is 67.3 Å². The van der Waals surface area contributed by atoms with Crippen LogP contribution < -0.4 is 5.32 Å². The van der Waals surface area contributed by atoms with Gasteiger partial charge in [-0.3, -0.25) is 9.20 Å². The quantitative estimate of drug-likeness (QED) is 0.791. The third-order valence-corrected chi connectivity index (χ3v) is 6.19. The molecule has 1 amide bonds. The fraction of sp³-hybridized carbons (Fsp3) is 0.667. The lowest BCUT2D eigenvalue weighted by molar-refractivity contribution is -0.0263. The predicted octanol–water partition coefficient (Wildman–Crippen LogP) is 3.45. The molecule has 6 heteroatoms. The fourth-order valence-electron chi connectivity index (χ4n) is 4.92. The van der Waals surface area contributed by atoms with Gasteiger partial charge in [-0.25, -0.2) is 9.97 Å². The van der Waals surface area contributed by atoms with E-state index in [0.717, 1.165) is 37.3 Å². The number of aryl methyl sites for hydroxylation is 2. The van der Waals surface area contributed by atoms with Crippen LogP contribution in [0.3, 0.4) is 0 Å². The molecule has 0 aromatic carbocycles. The number of nitrogens with zero attached hydrogens (tertiary/aromatic N) is 3. The number of hydrogen-bond acceptors (Lipinski definition) is 4. The van der Waals surface area contributed by atoms with Gasteiger partial charge in [-0.1, -0.05) is 13.3 Å². The van der Waals surface area contributed by atoms with Crippen LogP contribution >= 0.6 is 0 Å². The average Bonchev–Trinajstić information content (AvgIpc) is 3.14. The molecule has 146 valence electrons. The first-order valence-corrected chi connectivity index (χ1v) is 10.3. The number of hydrogen-bond donors (Lipinski definition) is 1. The summed E-state index contributed by atoms with van der Waals surface area (Å²) in [7, 11) is 0. The number of nitrogens with one attached hydrogen (secondary N) is 1. The molecule has 27 heavy (non-hydrogen) atoms. The third-order valence-electron chi connectivity index (χ3n) is 6.19. The molecule has 2 bridgehead atoms. The molecule has 2 heterocycles. The number of imidazole rings is 1. The first-order chi connectivity index (χ1) is 13.1. The minimum Gasteiger partial charge on any atom is -0.378 e. The maximum absolute atomic E-state index is 12.9. The van der Waals surface area contributed by atoms with Crippen molar-refractivity contribution in [1.82, 2.24) is 19.7 Å². The van der Waals surface area contributed by atoms with Gasteiger partial charge in [-0.15, -0.1) is 0 Å². The molecule has 1 N–H and O–H groups in total. The molecule has 2 aliphatic carbocycles. The maximum Gasteiger partial charge on any atom is 0.274 e. The van der Waals surface area contributed by atoms with Crippen molar-refractivity contribution in [2.45, 2.75) is 71.4 Å². The number of fused-ring (bicyclic) bond motifs is 3. The summed E-state index contributed by atoms with van der Waals surface area (Å²) in [5.74, 6) is 1.05. The fourth-order valence-corrected chi connectivity index (χ4v) is 4.92. The summed E-state index contributed by atoms with van der Waals surface area (Å²) in [6, 6.07) is 2.21. The zero-order valence-corrected chi connectivity index (χ0v) is 16.6. The molecule has 0 saturated heterocycles. The van der Waals surface area contributed by atoms with Crippen LogP contribution in [-0.2, 0) is 4.74 Å². The Morgan fingerprint density at radius 1 is 1.30 bits per heavy atom. The van der Waals surface area contributed by atoms with Gasteiger partial charge in [-0.05, 0) is 63.9 Å². The number of amides is 1. The summed E-state index contributed by atoms with van der Waals surface area (Å²) in [5, 5.41) is 3.23. The highest BCUT2D eigenvalue weighted by molar-refractivity contribution is 5.98. The molecule has 0 aliphatic heterocycles. The molecule has 2 aromatic heterocycles. The van der Waals surface area contributed by atoms with Gasteiger partial charge >= 0.3 is 0 Å². The van der Waals surface area contributed by atoms with Gasteiger partial charge in [0.05, 0.1) is 6.10 Å². The smallest absolute Gasteiger partial charge is 0.274 e. The molecule has 6 nitrogen and oxygen atoms in total. The topological polar surface area (TPSA) is 68.5 Å². The van der Waals surface area contributed by atoms with Crippen molar-refractivity contribution in [3.63, 3.8) is 0 Å². The molecule has 0 radical (unpaired) electrons. The summed E-state index contributed by atoms with van der Waals surface area (Å²) < 4.78 is 8.06. The average molecular weight is 370 g/mol. The zero-order valence-electron chi connectivity index (χ0n) is 16.6. The Morgan fingerprint density at radius 2 is 2.04 bits per heavy atom. The van der Waals surface area contributed by atoms with Gasteiger partial charge in [-0.2, -0.15) is 0 Å². The van der Waals surface area contributed by atoms with Gasteiger partial charge in [0.2, 0.25) is 0 Å². The standard InChI is InChI=1S/C21H30N4O2/c1-4-5-8-27-19-15-6-7-16(19)11-17(10-15)24-21(26)18-20-23-13(2)9-14(3)25(20)12-22-18/h9,12,15-17,19H,4-8,10-11H2,1-3H3,(H,24,26)/t15-,16?,17?,19?/m0/s1. The monoisotopic (exact) mass is 370 g/mol. The minimum atomic E-state index is -0.107. The third kappa shape index (κ3) is 3.59. The second-order valence-electron chi connectivity index (χ2n) is 8.25. The number of aromatic nitrogens is 3. The van der Waals surface area contributed by atoms with Crippen LogP contribution in [0.5, 0.6) is 0 Å². The highest BCUT2D eigenvalue weighted by Gasteiger charge is 2.43. The Kier molecular flexibility index (Phi) is 5.17. The lowest BCUT2D eigenvalue weighted by Crippen LogP contribution is -2.44. The Bertz CT molecular complexity index is 817. The van der Waals surface area contributed by atoms with Gasteiger partial charge in [0, 0.05) is 24.0 Å². The summed E-state index contributed by atoms with van der Waals surface area (Å²) in [5.41, 5.74) is 3.00. The van der Waals surface area contributed by atoms with E-state index in [9.17, 15) is 4.79 Å². The van der Waals surface area contributed by atoms with Gasteiger partial charge in [0.1, 0.15) is 6.33 Å². The van der Waals surface area contributed by atoms with Crippen LogP contribution in [0.25, 0.3) is 5.65 Å². The molecule has 3 unspecified atom stereocenters. The second kappa shape index (κ2) is 7.58. The molecular formula is C21H30N4O2. The SMILES string of the molecule is CCCCOC1C2CC[C@H]1CC(NC(=O)c1ncn3c(C)cc(C)nc13)C2. The number of unbranched alkanes of at least 4 members (excludes halogenated alkanes) is 1. The normalized spacial score (nSPS) is 27.2. The second-order valence-corrected chi connectivity index (χ2v) is 8.25. The highest BCUT2D eigenvalue weighted by Crippen LogP contribution is 2.44. The summed E-state index contributed by atoms with van der Waals surface area (Å²) in [6.07, 6.45) is 8.86. The van der Waals surface area contributed by atoms with Crippen LogP contribution in [0.15, 0.2) is 12.4 Å². The van der Waals surface area contributed by atoms with Crippen molar-refractivity contribution in [2.75, 3.05) is 6.61 Å². The number of rotatable bonds is 6. The molecule has 2 aliphatic rings.